The molecule has 1 aliphatic rings. The van der Waals surface area contributed by atoms with Crippen LogP contribution in [-0.2, 0) is 0 Å². The molecule has 0 aliphatic carbocycles. The van der Waals surface area contributed by atoms with Crippen LogP contribution in [0.15, 0.2) is 0 Å². The Bertz CT molecular complexity index is 279. The van der Waals surface area contributed by atoms with Crippen molar-refractivity contribution >= 4 is 6.03 Å². The van der Waals surface area contributed by atoms with Crippen LogP contribution in [0.2, 0.25) is 0 Å². The third kappa shape index (κ3) is 5.81. The lowest BCUT2D eigenvalue weighted by Crippen LogP contribution is -2.42. The number of hydrogen-bond donors (Lipinski definition) is 2. The summed E-state index contributed by atoms with van der Waals surface area (Å²) >= 11 is 0. The van der Waals surface area contributed by atoms with E-state index in [1.54, 1.807) is 0 Å². The largest absolute Gasteiger partial charge is 0.396 e. The van der Waals surface area contributed by atoms with Crippen molar-refractivity contribution in [3.05, 3.63) is 0 Å². The van der Waals surface area contributed by atoms with Gasteiger partial charge in [0, 0.05) is 32.2 Å². The predicted molar refractivity (Wildman–Crippen MR) is 78.1 cm³/mol. The van der Waals surface area contributed by atoms with Crippen molar-refractivity contribution in [2.75, 3.05) is 26.2 Å². The monoisotopic (exact) mass is 270 g/mol. The summed E-state index contributed by atoms with van der Waals surface area (Å²) in [7, 11) is 0. The maximum absolute atomic E-state index is 12.0. The highest BCUT2D eigenvalue weighted by Crippen LogP contribution is 2.23. The van der Waals surface area contributed by atoms with E-state index >= 15 is 0 Å². The van der Waals surface area contributed by atoms with E-state index in [0.717, 1.165) is 25.9 Å². The highest BCUT2D eigenvalue weighted by atomic mass is 16.3. The molecule has 4 heteroatoms. The van der Waals surface area contributed by atoms with Gasteiger partial charge < -0.3 is 15.3 Å². The number of rotatable bonds is 7. The third-order valence-corrected chi connectivity index (χ3v) is 4.01. The molecular formula is C15H30N2O2. The molecule has 0 saturated carbocycles. The molecule has 0 aromatic rings. The van der Waals surface area contributed by atoms with Crippen molar-refractivity contribution in [2.45, 2.75) is 52.9 Å². The number of carbonyl (C=O) groups is 1. The molecule has 4 nitrogen and oxygen atoms in total. The number of hydrogen-bond acceptors (Lipinski definition) is 2. The van der Waals surface area contributed by atoms with Crippen molar-refractivity contribution in [3.63, 3.8) is 0 Å². The normalized spacial score (nSPS) is 19.8. The number of amides is 2. The Balaban J connectivity index is 2.25. The summed E-state index contributed by atoms with van der Waals surface area (Å²) < 4.78 is 0. The van der Waals surface area contributed by atoms with E-state index in [1.807, 2.05) is 4.90 Å². The summed E-state index contributed by atoms with van der Waals surface area (Å²) in [6.07, 6.45) is 5.81. The topological polar surface area (TPSA) is 52.6 Å². The predicted octanol–water partition coefficient (Wildman–Crippen LogP) is 2.62. The Hall–Kier alpha value is -0.770. The summed E-state index contributed by atoms with van der Waals surface area (Å²) in [5.74, 6) is 0.267. The quantitative estimate of drug-likeness (QED) is 0.699. The van der Waals surface area contributed by atoms with E-state index in [1.165, 1.54) is 19.3 Å². The molecule has 0 spiro atoms. The maximum Gasteiger partial charge on any atom is 0.317 e. The van der Waals surface area contributed by atoms with E-state index in [0.29, 0.717) is 6.54 Å². The summed E-state index contributed by atoms with van der Waals surface area (Å²) in [5, 5.41) is 12.1. The standard InChI is InChI=1S/C15H30N2O2/c1-4-5-6-8-15(2,3)12-16-14(19)17-9-7-13(10-17)11-18/h13,18H,4-12H2,1-3H3,(H,16,19). The first kappa shape index (κ1) is 16.3. The van der Waals surface area contributed by atoms with Crippen LogP contribution < -0.4 is 5.32 Å². The summed E-state index contributed by atoms with van der Waals surface area (Å²) in [4.78, 5) is 13.8. The molecule has 1 saturated heterocycles. The van der Waals surface area contributed by atoms with Gasteiger partial charge in [0.15, 0.2) is 0 Å². The van der Waals surface area contributed by atoms with Gasteiger partial charge in [-0.15, -0.1) is 0 Å². The van der Waals surface area contributed by atoms with E-state index < -0.39 is 0 Å². The van der Waals surface area contributed by atoms with Gasteiger partial charge in [-0.25, -0.2) is 4.79 Å². The van der Waals surface area contributed by atoms with Crippen LogP contribution in [0, 0.1) is 11.3 Å². The molecule has 2 amide bonds. The molecule has 0 radical (unpaired) electrons. The molecule has 1 unspecified atom stereocenters. The maximum atomic E-state index is 12.0. The van der Waals surface area contributed by atoms with Gasteiger partial charge in [-0.2, -0.15) is 0 Å². The Morgan fingerprint density at radius 2 is 2.16 bits per heavy atom. The SMILES string of the molecule is CCCCCC(C)(C)CNC(=O)N1CCC(CO)C1. The van der Waals surface area contributed by atoms with Gasteiger partial charge in [0.2, 0.25) is 0 Å². The van der Waals surface area contributed by atoms with E-state index in [-0.39, 0.29) is 24.0 Å². The zero-order valence-corrected chi connectivity index (χ0v) is 12.7. The van der Waals surface area contributed by atoms with Crippen molar-refractivity contribution in [1.29, 1.82) is 0 Å². The van der Waals surface area contributed by atoms with Crippen molar-refractivity contribution in [2.24, 2.45) is 11.3 Å². The first-order chi connectivity index (χ1) is 8.98. The number of nitrogens with one attached hydrogen (secondary N) is 1. The lowest BCUT2D eigenvalue weighted by atomic mass is 9.87. The second kappa shape index (κ2) is 7.73. The van der Waals surface area contributed by atoms with Crippen LogP contribution in [0.3, 0.4) is 0 Å². The molecule has 2 N–H and O–H groups in total. The van der Waals surface area contributed by atoms with Gasteiger partial charge in [-0.1, -0.05) is 40.0 Å². The van der Waals surface area contributed by atoms with E-state index in [9.17, 15) is 4.79 Å². The molecule has 0 aromatic heterocycles. The fourth-order valence-corrected chi connectivity index (χ4v) is 2.53. The summed E-state index contributed by atoms with van der Waals surface area (Å²) in [6, 6.07) is 0.0273. The Kier molecular flexibility index (Phi) is 6.63. The van der Waals surface area contributed by atoms with Gasteiger partial charge in [-0.05, 0) is 18.3 Å². The van der Waals surface area contributed by atoms with Gasteiger partial charge >= 0.3 is 6.03 Å². The molecule has 0 bridgehead atoms. The first-order valence-electron chi connectivity index (χ1n) is 7.62. The molecule has 1 atom stereocenters. The first-order valence-corrected chi connectivity index (χ1v) is 7.62. The van der Waals surface area contributed by atoms with Gasteiger partial charge in [-0.3, -0.25) is 0 Å². The van der Waals surface area contributed by atoms with Crippen LogP contribution in [-0.4, -0.2) is 42.3 Å². The molecule has 0 aromatic carbocycles. The average Bonchev–Trinajstić information content (AvgIpc) is 2.85. The minimum Gasteiger partial charge on any atom is -0.396 e. The minimum absolute atomic E-state index is 0.0273. The minimum atomic E-state index is 0.0273. The zero-order valence-electron chi connectivity index (χ0n) is 12.7. The lowest BCUT2D eigenvalue weighted by molar-refractivity contribution is 0.191. The number of unbranched alkanes of at least 4 members (excludes halogenated alkanes) is 2. The van der Waals surface area contributed by atoms with Crippen LogP contribution >= 0.6 is 0 Å². The lowest BCUT2D eigenvalue weighted by Gasteiger charge is -2.26. The molecule has 1 heterocycles. The van der Waals surface area contributed by atoms with Crippen LogP contribution in [0.5, 0.6) is 0 Å². The van der Waals surface area contributed by atoms with E-state index in [2.05, 4.69) is 26.1 Å². The fourth-order valence-electron chi connectivity index (χ4n) is 2.53. The van der Waals surface area contributed by atoms with Gasteiger partial charge in [0.25, 0.3) is 0 Å². The van der Waals surface area contributed by atoms with Crippen LogP contribution in [0.1, 0.15) is 52.9 Å². The molecular weight excluding hydrogens is 240 g/mol. The van der Waals surface area contributed by atoms with Crippen LogP contribution in [0.4, 0.5) is 4.79 Å². The highest BCUT2D eigenvalue weighted by molar-refractivity contribution is 5.74. The van der Waals surface area contributed by atoms with Crippen molar-refractivity contribution < 1.29 is 9.90 Å². The Labute approximate surface area is 117 Å². The molecule has 1 aliphatic heterocycles. The smallest absolute Gasteiger partial charge is 0.317 e. The van der Waals surface area contributed by atoms with E-state index in [4.69, 9.17) is 5.11 Å². The highest BCUT2D eigenvalue weighted by Gasteiger charge is 2.26. The number of aliphatic hydroxyl groups is 1. The number of likely N-dealkylation sites (tertiary alicyclic amines) is 1. The molecule has 19 heavy (non-hydrogen) atoms. The molecule has 1 rings (SSSR count). The number of aliphatic hydroxyl groups excluding tert-OH is 1. The third-order valence-electron chi connectivity index (χ3n) is 4.01. The van der Waals surface area contributed by atoms with Crippen LogP contribution in [0.25, 0.3) is 0 Å². The number of nitrogens with zero attached hydrogens (tertiary/aromatic N) is 1. The number of urea groups is 1. The number of carbonyl (C=O) groups excluding carboxylic acids is 1. The molecule has 112 valence electrons. The Morgan fingerprint density at radius 3 is 2.74 bits per heavy atom. The zero-order chi connectivity index (χ0) is 14.3. The van der Waals surface area contributed by atoms with Crippen molar-refractivity contribution in [1.82, 2.24) is 10.2 Å². The Morgan fingerprint density at radius 1 is 1.42 bits per heavy atom. The summed E-state index contributed by atoms with van der Waals surface area (Å²) in [5.41, 5.74) is 0.168. The average molecular weight is 270 g/mol. The van der Waals surface area contributed by atoms with Gasteiger partial charge in [0.05, 0.1) is 0 Å². The summed E-state index contributed by atoms with van der Waals surface area (Å²) in [6.45, 7) is 9.01. The second-order valence-electron chi connectivity index (χ2n) is 6.56. The van der Waals surface area contributed by atoms with Gasteiger partial charge in [0.1, 0.15) is 0 Å². The van der Waals surface area contributed by atoms with Crippen molar-refractivity contribution in [3.8, 4) is 0 Å². The second-order valence-corrected chi connectivity index (χ2v) is 6.56. The fraction of sp³-hybridized carbons (Fsp3) is 0.933. The molecule has 1 fully saturated rings.